The molecule has 0 bridgehead atoms. The molecule has 0 saturated carbocycles. The van der Waals surface area contributed by atoms with Crippen molar-refractivity contribution < 1.29 is 14.6 Å². The van der Waals surface area contributed by atoms with Gasteiger partial charge in [0.2, 0.25) is 0 Å². The molecule has 0 aliphatic heterocycles. The number of hydrogen-bond acceptors (Lipinski definition) is 3. The van der Waals surface area contributed by atoms with Gasteiger partial charge < -0.3 is 9.84 Å². The molecule has 0 amide bonds. The summed E-state index contributed by atoms with van der Waals surface area (Å²) in [5.41, 5.74) is 4.52. The van der Waals surface area contributed by atoms with Crippen LogP contribution in [0.25, 0.3) is 0 Å². The van der Waals surface area contributed by atoms with Crippen LogP contribution in [0.4, 0.5) is 0 Å². The lowest BCUT2D eigenvalue weighted by Crippen LogP contribution is -2.33. The first-order valence-corrected chi connectivity index (χ1v) is 8.78. The molecule has 132 valence electrons. The number of aromatic hydroxyl groups is 1. The molecular weight excluding hydrogens is 312 g/mol. The molecule has 0 saturated heterocycles. The Morgan fingerprint density at radius 2 is 1.72 bits per heavy atom. The molecule has 1 aliphatic rings. The number of phenolic OH excluding ortho intramolecular Hbond substituents is 1. The zero-order chi connectivity index (χ0) is 18.2. The Hall–Kier alpha value is -2.29. The molecule has 3 heteroatoms. The van der Waals surface area contributed by atoms with Crippen molar-refractivity contribution in [3.8, 4) is 11.5 Å². The molecule has 2 aromatic rings. The van der Waals surface area contributed by atoms with E-state index >= 15 is 0 Å². The zero-order valence-electron chi connectivity index (χ0n) is 15.4. The summed E-state index contributed by atoms with van der Waals surface area (Å²) in [5, 5.41) is 9.96. The van der Waals surface area contributed by atoms with E-state index in [0.29, 0.717) is 18.5 Å². The molecule has 0 heterocycles. The van der Waals surface area contributed by atoms with Gasteiger partial charge in [0.15, 0.2) is 17.8 Å². The van der Waals surface area contributed by atoms with Gasteiger partial charge in [-0.15, -0.1) is 0 Å². The van der Waals surface area contributed by atoms with Crippen LogP contribution in [0.15, 0.2) is 36.4 Å². The van der Waals surface area contributed by atoms with Crippen LogP contribution in [0, 0.1) is 0 Å². The van der Waals surface area contributed by atoms with Crippen LogP contribution in [0.2, 0.25) is 0 Å². The van der Waals surface area contributed by atoms with Gasteiger partial charge >= 0.3 is 0 Å². The third-order valence-electron chi connectivity index (χ3n) is 5.45. The molecule has 1 N–H and O–H groups in total. The lowest BCUT2D eigenvalue weighted by Gasteiger charge is -2.42. The molecule has 3 nitrogen and oxygen atoms in total. The number of carbonyl (C=O) groups excluding carboxylic acids is 1. The minimum atomic E-state index is -0.0102. The number of fused-ring (bicyclic) bond motifs is 1. The van der Waals surface area contributed by atoms with E-state index in [0.717, 1.165) is 12.0 Å². The highest BCUT2D eigenvalue weighted by Gasteiger charge is 2.36. The average molecular weight is 338 g/mol. The van der Waals surface area contributed by atoms with Crippen molar-refractivity contribution in [1.82, 2.24) is 0 Å². The lowest BCUT2D eigenvalue weighted by atomic mass is 9.63. The SMILES string of the molecule is CC1(C)CCC(C)(C)c2cc(COc3c(O)cccc3C=O)ccc21. The molecule has 0 fully saturated rings. The summed E-state index contributed by atoms with van der Waals surface area (Å²) in [4.78, 5) is 11.1. The monoisotopic (exact) mass is 338 g/mol. The number of carbonyl (C=O) groups is 1. The molecule has 0 atom stereocenters. The second-order valence-corrected chi connectivity index (χ2v) is 8.25. The molecule has 2 aromatic carbocycles. The Balaban J connectivity index is 1.90. The van der Waals surface area contributed by atoms with Gasteiger partial charge in [-0.1, -0.05) is 52.0 Å². The first-order valence-electron chi connectivity index (χ1n) is 8.78. The van der Waals surface area contributed by atoms with Gasteiger partial charge in [-0.05, 0) is 52.5 Å². The van der Waals surface area contributed by atoms with Crippen molar-refractivity contribution in [2.45, 2.75) is 58.0 Å². The van der Waals surface area contributed by atoms with Crippen LogP contribution in [-0.4, -0.2) is 11.4 Å². The van der Waals surface area contributed by atoms with Crippen LogP contribution in [0.5, 0.6) is 11.5 Å². The Bertz CT molecular complexity index is 803. The van der Waals surface area contributed by atoms with Crippen LogP contribution in [0.1, 0.15) is 67.6 Å². The number of benzene rings is 2. The van der Waals surface area contributed by atoms with E-state index in [1.54, 1.807) is 12.1 Å². The Kier molecular flexibility index (Phi) is 4.36. The molecule has 1 aliphatic carbocycles. The maximum Gasteiger partial charge on any atom is 0.171 e. The molecule has 0 spiro atoms. The Labute approximate surface area is 149 Å². The second kappa shape index (κ2) is 6.21. The van der Waals surface area contributed by atoms with Gasteiger partial charge in [0.1, 0.15) is 6.61 Å². The summed E-state index contributed by atoms with van der Waals surface area (Å²) in [6.45, 7) is 9.51. The van der Waals surface area contributed by atoms with Gasteiger partial charge in [0.25, 0.3) is 0 Å². The minimum absolute atomic E-state index is 0.0102. The first kappa shape index (κ1) is 17.5. The average Bonchev–Trinajstić information content (AvgIpc) is 2.57. The third kappa shape index (κ3) is 3.28. The summed E-state index contributed by atoms with van der Waals surface area (Å²) >= 11 is 0. The quantitative estimate of drug-likeness (QED) is 0.786. The predicted octanol–water partition coefficient (Wildman–Crippen LogP) is 5.13. The highest BCUT2D eigenvalue weighted by atomic mass is 16.5. The topological polar surface area (TPSA) is 46.5 Å². The summed E-state index contributed by atoms with van der Waals surface area (Å²) in [7, 11) is 0. The van der Waals surface area contributed by atoms with Gasteiger partial charge in [-0.3, -0.25) is 4.79 Å². The van der Waals surface area contributed by atoms with Crippen LogP contribution in [0.3, 0.4) is 0 Å². The summed E-state index contributed by atoms with van der Waals surface area (Å²) in [5.74, 6) is 0.235. The van der Waals surface area contributed by atoms with Crippen molar-refractivity contribution >= 4 is 6.29 Å². The molecule has 0 aromatic heterocycles. The molecule has 0 radical (unpaired) electrons. The highest BCUT2D eigenvalue weighted by molar-refractivity contribution is 5.81. The fourth-order valence-electron chi connectivity index (χ4n) is 3.67. The predicted molar refractivity (Wildman–Crippen MR) is 99.6 cm³/mol. The Morgan fingerprint density at radius 3 is 2.40 bits per heavy atom. The lowest BCUT2D eigenvalue weighted by molar-refractivity contribution is 0.111. The molecule has 3 rings (SSSR count). The standard InChI is InChI=1S/C22H26O3/c1-21(2)10-11-22(3,4)18-12-15(8-9-17(18)21)14-25-20-16(13-23)6-5-7-19(20)24/h5-9,12-13,24H,10-11,14H2,1-4H3. The number of para-hydroxylation sites is 1. The second-order valence-electron chi connectivity index (χ2n) is 8.25. The van der Waals surface area contributed by atoms with E-state index in [2.05, 4.69) is 45.9 Å². The number of rotatable bonds is 4. The number of phenols is 1. The number of ether oxygens (including phenoxy) is 1. The van der Waals surface area contributed by atoms with Crippen LogP contribution >= 0.6 is 0 Å². The fourth-order valence-corrected chi connectivity index (χ4v) is 3.67. The largest absolute Gasteiger partial charge is 0.504 e. The van der Waals surface area contributed by atoms with Crippen molar-refractivity contribution in [2.24, 2.45) is 0 Å². The van der Waals surface area contributed by atoms with E-state index in [9.17, 15) is 9.90 Å². The molecule has 0 unspecified atom stereocenters. The maximum absolute atomic E-state index is 11.1. The smallest absolute Gasteiger partial charge is 0.171 e. The molecule has 25 heavy (non-hydrogen) atoms. The van der Waals surface area contributed by atoms with E-state index in [1.807, 2.05) is 0 Å². The van der Waals surface area contributed by atoms with Crippen molar-refractivity contribution in [1.29, 1.82) is 0 Å². The normalized spacial score (nSPS) is 17.6. The summed E-state index contributed by atoms with van der Waals surface area (Å²) in [6.07, 6.45) is 3.04. The van der Waals surface area contributed by atoms with Gasteiger partial charge in [-0.2, -0.15) is 0 Å². The van der Waals surface area contributed by atoms with Crippen molar-refractivity contribution in [3.63, 3.8) is 0 Å². The first-order chi connectivity index (χ1) is 11.7. The van der Waals surface area contributed by atoms with Crippen LogP contribution < -0.4 is 4.74 Å². The van der Waals surface area contributed by atoms with E-state index < -0.39 is 0 Å². The fraction of sp³-hybridized carbons (Fsp3) is 0.409. The number of aldehydes is 1. The van der Waals surface area contributed by atoms with E-state index in [4.69, 9.17) is 4.74 Å². The van der Waals surface area contributed by atoms with Gasteiger partial charge in [0.05, 0.1) is 5.56 Å². The van der Waals surface area contributed by atoms with Crippen molar-refractivity contribution in [3.05, 3.63) is 58.7 Å². The van der Waals surface area contributed by atoms with Crippen molar-refractivity contribution in [2.75, 3.05) is 0 Å². The van der Waals surface area contributed by atoms with Gasteiger partial charge in [-0.25, -0.2) is 0 Å². The summed E-state index contributed by atoms with van der Waals surface area (Å²) in [6, 6.07) is 11.3. The van der Waals surface area contributed by atoms with E-state index in [-0.39, 0.29) is 22.3 Å². The number of hydrogen-bond donors (Lipinski definition) is 1. The summed E-state index contributed by atoms with van der Waals surface area (Å²) < 4.78 is 5.77. The Morgan fingerprint density at radius 1 is 1.04 bits per heavy atom. The van der Waals surface area contributed by atoms with Gasteiger partial charge in [0, 0.05) is 0 Å². The molecular formula is C22H26O3. The zero-order valence-corrected chi connectivity index (χ0v) is 15.4. The third-order valence-corrected chi connectivity index (χ3v) is 5.45. The highest BCUT2D eigenvalue weighted by Crippen LogP contribution is 2.46. The van der Waals surface area contributed by atoms with Crippen LogP contribution in [-0.2, 0) is 17.4 Å². The maximum atomic E-state index is 11.1. The minimum Gasteiger partial charge on any atom is -0.504 e. The van der Waals surface area contributed by atoms with E-state index in [1.165, 1.54) is 23.6 Å².